The van der Waals surface area contributed by atoms with Gasteiger partial charge in [0, 0.05) is 11.8 Å². The zero-order valence-corrected chi connectivity index (χ0v) is 10.3. The van der Waals surface area contributed by atoms with Crippen molar-refractivity contribution in [2.75, 3.05) is 17.2 Å². The zero-order valence-electron chi connectivity index (χ0n) is 9.51. The Morgan fingerprint density at radius 3 is 3.06 bits per heavy atom. The number of nitrogen functional groups attached to an aromatic ring is 1. The molecule has 16 heavy (non-hydrogen) atoms. The average molecular weight is 243 g/mol. The van der Waals surface area contributed by atoms with Crippen LogP contribution in [0.2, 0.25) is 0 Å². The second-order valence-electron chi connectivity index (χ2n) is 3.43. The van der Waals surface area contributed by atoms with Crippen LogP contribution in [0.25, 0.3) is 0 Å². The van der Waals surface area contributed by atoms with Crippen LogP contribution in [0.4, 0.5) is 5.95 Å². The minimum absolute atomic E-state index is 0.0749. The van der Waals surface area contributed by atoms with Gasteiger partial charge in [-0.25, -0.2) is 9.67 Å². The van der Waals surface area contributed by atoms with E-state index in [2.05, 4.69) is 22.3 Å². The summed E-state index contributed by atoms with van der Waals surface area (Å²) >= 11 is 1.80. The molecule has 1 amide bonds. The summed E-state index contributed by atoms with van der Waals surface area (Å²) in [6.45, 7) is 4.24. The van der Waals surface area contributed by atoms with Gasteiger partial charge in [-0.3, -0.25) is 4.79 Å². The minimum Gasteiger partial charge on any atom is -0.367 e. The normalized spacial score (nSPS) is 12.4. The Morgan fingerprint density at radius 1 is 1.75 bits per heavy atom. The number of amides is 1. The van der Waals surface area contributed by atoms with E-state index in [0.29, 0.717) is 0 Å². The first-order valence-electron chi connectivity index (χ1n) is 5.13. The molecule has 0 spiro atoms. The highest BCUT2D eigenvalue weighted by molar-refractivity contribution is 7.99. The number of carbonyl (C=O) groups is 1. The molecule has 1 unspecified atom stereocenters. The molecule has 0 aliphatic rings. The summed E-state index contributed by atoms with van der Waals surface area (Å²) in [5.74, 6) is 2.08. The predicted molar refractivity (Wildman–Crippen MR) is 65.0 cm³/mol. The molecule has 0 bridgehead atoms. The molecule has 0 radical (unpaired) electrons. The van der Waals surface area contributed by atoms with Crippen LogP contribution in [0, 0.1) is 0 Å². The van der Waals surface area contributed by atoms with Gasteiger partial charge in [0.1, 0.15) is 12.9 Å². The molecule has 0 aromatic carbocycles. The number of hydrogen-bond donors (Lipinski definition) is 2. The maximum atomic E-state index is 11.5. The molecule has 3 N–H and O–H groups in total. The van der Waals surface area contributed by atoms with Crippen LogP contribution in [-0.2, 0) is 11.3 Å². The molecular weight excluding hydrogens is 226 g/mol. The zero-order chi connectivity index (χ0) is 12.0. The van der Waals surface area contributed by atoms with Gasteiger partial charge in [0.05, 0.1) is 0 Å². The van der Waals surface area contributed by atoms with Crippen molar-refractivity contribution < 1.29 is 4.79 Å². The monoisotopic (exact) mass is 243 g/mol. The van der Waals surface area contributed by atoms with Gasteiger partial charge >= 0.3 is 0 Å². The molecule has 90 valence electrons. The number of carbonyl (C=O) groups excluding carboxylic acids is 1. The molecule has 6 nitrogen and oxygen atoms in total. The van der Waals surface area contributed by atoms with E-state index in [4.69, 9.17) is 5.73 Å². The Morgan fingerprint density at radius 2 is 2.50 bits per heavy atom. The molecule has 1 aromatic rings. The van der Waals surface area contributed by atoms with Crippen LogP contribution >= 0.6 is 11.8 Å². The van der Waals surface area contributed by atoms with Crippen molar-refractivity contribution in [3.63, 3.8) is 0 Å². The molecule has 0 saturated carbocycles. The summed E-state index contributed by atoms with van der Waals surface area (Å²) in [4.78, 5) is 15.3. The quantitative estimate of drug-likeness (QED) is 0.741. The van der Waals surface area contributed by atoms with E-state index in [1.54, 1.807) is 11.8 Å². The highest BCUT2D eigenvalue weighted by Gasteiger charge is 2.08. The lowest BCUT2D eigenvalue weighted by atomic mass is 10.4. The Balaban J connectivity index is 2.30. The van der Waals surface area contributed by atoms with Crippen LogP contribution in [-0.4, -0.2) is 38.2 Å². The second kappa shape index (κ2) is 6.37. The number of nitrogens with zero attached hydrogens (tertiary/aromatic N) is 3. The maximum Gasteiger partial charge on any atom is 0.242 e. The van der Waals surface area contributed by atoms with Crippen LogP contribution in [0.15, 0.2) is 6.33 Å². The van der Waals surface area contributed by atoms with Gasteiger partial charge in [-0.1, -0.05) is 6.92 Å². The molecule has 0 aliphatic carbocycles. The third-order valence-corrected chi connectivity index (χ3v) is 2.98. The molecule has 1 aromatic heterocycles. The van der Waals surface area contributed by atoms with Gasteiger partial charge < -0.3 is 11.1 Å². The first-order valence-corrected chi connectivity index (χ1v) is 6.29. The summed E-state index contributed by atoms with van der Waals surface area (Å²) in [7, 11) is 0. The van der Waals surface area contributed by atoms with Gasteiger partial charge in [-0.15, -0.1) is 5.10 Å². The maximum absolute atomic E-state index is 11.5. The first kappa shape index (κ1) is 12.8. The third kappa shape index (κ3) is 4.52. The van der Waals surface area contributed by atoms with E-state index in [9.17, 15) is 4.79 Å². The molecule has 1 heterocycles. The fourth-order valence-electron chi connectivity index (χ4n) is 1.19. The molecule has 0 fully saturated rings. The molecule has 0 saturated heterocycles. The fraction of sp³-hybridized carbons (Fsp3) is 0.667. The van der Waals surface area contributed by atoms with Crippen molar-refractivity contribution in [1.82, 2.24) is 20.1 Å². The van der Waals surface area contributed by atoms with Crippen LogP contribution in [0.3, 0.4) is 0 Å². The lowest BCUT2D eigenvalue weighted by Crippen LogP contribution is -2.36. The summed E-state index contributed by atoms with van der Waals surface area (Å²) in [6, 6.07) is 0.165. The average Bonchev–Trinajstić information content (AvgIpc) is 2.60. The van der Waals surface area contributed by atoms with E-state index in [-0.39, 0.29) is 24.4 Å². The van der Waals surface area contributed by atoms with E-state index < -0.39 is 0 Å². The highest BCUT2D eigenvalue weighted by Crippen LogP contribution is 2.01. The SMILES string of the molecule is CCSCC(C)NC(=O)Cn1cnc(N)n1. The smallest absolute Gasteiger partial charge is 0.242 e. The molecular formula is C9H17N5OS. The van der Waals surface area contributed by atoms with Crippen molar-refractivity contribution in [3.05, 3.63) is 6.33 Å². The number of aromatic nitrogens is 3. The third-order valence-electron chi connectivity index (χ3n) is 1.84. The van der Waals surface area contributed by atoms with Crippen LogP contribution < -0.4 is 11.1 Å². The summed E-state index contributed by atoms with van der Waals surface area (Å²) in [6.07, 6.45) is 1.44. The lowest BCUT2D eigenvalue weighted by molar-refractivity contribution is -0.122. The number of rotatable bonds is 6. The molecule has 0 aliphatic heterocycles. The number of hydrogen-bond acceptors (Lipinski definition) is 5. The number of nitrogens with one attached hydrogen (secondary N) is 1. The van der Waals surface area contributed by atoms with E-state index in [1.807, 2.05) is 6.92 Å². The predicted octanol–water partition coefficient (Wildman–Crippen LogP) is 0.118. The standard InChI is InChI=1S/C9H17N5OS/c1-3-16-5-7(2)12-8(15)4-14-6-11-9(10)13-14/h6-7H,3-5H2,1-2H3,(H2,10,13)(H,12,15). The first-order chi connectivity index (χ1) is 7.61. The highest BCUT2D eigenvalue weighted by atomic mass is 32.2. The van der Waals surface area contributed by atoms with E-state index in [1.165, 1.54) is 11.0 Å². The minimum atomic E-state index is -0.0749. The van der Waals surface area contributed by atoms with Crippen molar-refractivity contribution in [3.8, 4) is 0 Å². The van der Waals surface area contributed by atoms with Gasteiger partial charge in [0.2, 0.25) is 11.9 Å². The van der Waals surface area contributed by atoms with Crippen molar-refractivity contribution in [1.29, 1.82) is 0 Å². The van der Waals surface area contributed by atoms with Gasteiger partial charge in [-0.05, 0) is 12.7 Å². The second-order valence-corrected chi connectivity index (χ2v) is 4.75. The van der Waals surface area contributed by atoms with E-state index in [0.717, 1.165) is 11.5 Å². The Labute approximate surface area is 99.0 Å². The lowest BCUT2D eigenvalue weighted by Gasteiger charge is -2.12. The summed E-state index contributed by atoms with van der Waals surface area (Å²) in [5.41, 5.74) is 5.34. The summed E-state index contributed by atoms with van der Waals surface area (Å²) < 4.78 is 1.42. The van der Waals surface area contributed by atoms with Crippen molar-refractivity contribution in [2.24, 2.45) is 0 Å². The van der Waals surface area contributed by atoms with Crippen LogP contribution in [0.1, 0.15) is 13.8 Å². The van der Waals surface area contributed by atoms with Crippen molar-refractivity contribution >= 4 is 23.6 Å². The number of thioether (sulfide) groups is 1. The summed E-state index contributed by atoms with van der Waals surface area (Å²) in [5, 5.41) is 6.72. The van der Waals surface area contributed by atoms with Gasteiger partial charge in [0.15, 0.2) is 0 Å². The van der Waals surface area contributed by atoms with Gasteiger partial charge in [-0.2, -0.15) is 11.8 Å². The topological polar surface area (TPSA) is 85.8 Å². The number of anilines is 1. The Bertz CT molecular complexity index is 340. The number of nitrogens with two attached hydrogens (primary N) is 1. The Hall–Kier alpha value is -1.24. The largest absolute Gasteiger partial charge is 0.367 e. The van der Waals surface area contributed by atoms with Gasteiger partial charge in [0.25, 0.3) is 0 Å². The van der Waals surface area contributed by atoms with Crippen LogP contribution in [0.5, 0.6) is 0 Å². The molecule has 1 atom stereocenters. The van der Waals surface area contributed by atoms with Crippen molar-refractivity contribution in [2.45, 2.75) is 26.4 Å². The molecule has 7 heteroatoms. The van der Waals surface area contributed by atoms with E-state index >= 15 is 0 Å². The Kier molecular flexibility index (Phi) is 5.10. The molecule has 1 rings (SSSR count). The fourth-order valence-corrected chi connectivity index (χ4v) is 1.86.